The van der Waals surface area contributed by atoms with E-state index in [0.29, 0.717) is 28.3 Å². The lowest BCUT2D eigenvalue weighted by Crippen LogP contribution is -2.43. The summed E-state index contributed by atoms with van der Waals surface area (Å²) in [6.45, 7) is 0.604. The van der Waals surface area contributed by atoms with Crippen LogP contribution in [-0.4, -0.2) is 32.1 Å². The summed E-state index contributed by atoms with van der Waals surface area (Å²) in [5.74, 6) is 0. The van der Waals surface area contributed by atoms with E-state index in [2.05, 4.69) is 5.10 Å². The van der Waals surface area contributed by atoms with Gasteiger partial charge in [-0.3, -0.25) is 0 Å². The predicted molar refractivity (Wildman–Crippen MR) is 135 cm³/mol. The van der Waals surface area contributed by atoms with Crippen molar-refractivity contribution >= 4 is 67.3 Å². The molecule has 0 spiro atoms. The number of para-hydroxylation sites is 1. The van der Waals surface area contributed by atoms with Crippen molar-refractivity contribution in [1.82, 2.24) is 19.1 Å². The molecule has 1 unspecified atom stereocenters. The topological polar surface area (TPSA) is 68.9 Å². The van der Waals surface area contributed by atoms with Crippen molar-refractivity contribution in [3.05, 3.63) is 88.8 Å². The number of alkyl halides is 6. The lowest BCUT2D eigenvalue weighted by molar-refractivity contribution is -0.0450. The number of benzene rings is 2. The molecule has 36 heavy (non-hydrogen) atoms. The standard InChI is InChI=1S/C22H17Cl4F3N4O2S/c23-19-10-15(30-33(19)11-14-6-2-1-3-7-14)12-32-13-17(16-8-4-5-9-18(16)32)20(21(24,25)26)31-36(34,35)22(27,28)29/h1-10,13,20,31H,11-12H2. The molecule has 0 fully saturated rings. The van der Waals surface area contributed by atoms with Gasteiger partial charge >= 0.3 is 15.5 Å². The summed E-state index contributed by atoms with van der Waals surface area (Å²) in [7, 11) is -5.82. The van der Waals surface area contributed by atoms with Crippen LogP contribution in [0.5, 0.6) is 0 Å². The minimum Gasteiger partial charge on any atom is -0.341 e. The summed E-state index contributed by atoms with van der Waals surface area (Å²) in [4.78, 5) is 0. The molecule has 0 aliphatic rings. The fourth-order valence-corrected chi connectivity index (χ4v) is 5.41. The van der Waals surface area contributed by atoms with Gasteiger partial charge in [0.15, 0.2) is 0 Å². The Morgan fingerprint density at radius 1 is 0.972 bits per heavy atom. The van der Waals surface area contributed by atoms with E-state index >= 15 is 0 Å². The number of nitrogens with one attached hydrogen (secondary N) is 1. The molecule has 0 saturated carbocycles. The van der Waals surface area contributed by atoms with E-state index in [-0.39, 0.29) is 12.1 Å². The third kappa shape index (κ3) is 5.79. The molecule has 1 atom stereocenters. The van der Waals surface area contributed by atoms with Crippen molar-refractivity contribution in [2.24, 2.45) is 0 Å². The SMILES string of the molecule is O=S(=O)(NC(c1cn(Cc2cc(Cl)n(Cc3ccccc3)n2)c2ccccc12)C(Cl)(Cl)Cl)C(F)(F)F. The van der Waals surface area contributed by atoms with Gasteiger partial charge in [0, 0.05) is 23.2 Å². The van der Waals surface area contributed by atoms with Gasteiger partial charge in [-0.15, -0.1) is 0 Å². The molecule has 0 aliphatic heterocycles. The fraction of sp³-hybridized carbons (Fsp3) is 0.227. The van der Waals surface area contributed by atoms with Crippen molar-refractivity contribution in [3.63, 3.8) is 0 Å². The zero-order valence-electron chi connectivity index (χ0n) is 18.1. The Morgan fingerprint density at radius 2 is 1.61 bits per heavy atom. The summed E-state index contributed by atoms with van der Waals surface area (Å²) >= 11 is 24.2. The maximum atomic E-state index is 13.1. The normalized spacial score (nSPS) is 13.9. The number of sulfonamides is 1. The third-order valence-electron chi connectivity index (χ3n) is 5.32. The summed E-state index contributed by atoms with van der Waals surface area (Å²) in [6.07, 6.45) is 1.43. The zero-order valence-corrected chi connectivity index (χ0v) is 21.9. The number of fused-ring (bicyclic) bond motifs is 1. The molecule has 4 aromatic rings. The molecule has 2 aromatic carbocycles. The lowest BCUT2D eigenvalue weighted by atomic mass is 10.1. The van der Waals surface area contributed by atoms with Crippen molar-refractivity contribution in [3.8, 4) is 0 Å². The van der Waals surface area contributed by atoms with E-state index in [0.717, 1.165) is 5.56 Å². The molecule has 0 aliphatic carbocycles. The van der Waals surface area contributed by atoms with Crippen LogP contribution in [-0.2, 0) is 23.1 Å². The van der Waals surface area contributed by atoms with Crippen molar-refractivity contribution in [2.75, 3.05) is 0 Å². The van der Waals surface area contributed by atoms with Gasteiger partial charge < -0.3 is 4.57 Å². The highest BCUT2D eigenvalue weighted by atomic mass is 35.6. The Balaban J connectivity index is 1.72. The molecule has 0 radical (unpaired) electrons. The number of nitrogens with zero attached hydrogens (tertiary/aromatic N) is 3. The Labute approximate surface area is 224 Å². The van der Waals surface area contributed by atoms with Gasteiger partial charge in [-0.1, -0.05) is 94.9 Å². The molecular weight excluding hydrogens is 583 g/mol. The highest BCUT2D eigenvalue weighted by Gasteiger charge is 2.50. The molecule has 192 valence electrons. The van der Waals surface area contributed by atoms with Crippen LogP contribution in [0.1, 0.15) is 22.9 Å². The Morgan fingerprint density at radius 3 is 2.25 bits per heavy atom. The van der Waals surface area contributed by atoms with Crippen LogP contribution >= 0.6 is 46.4 Å². The predicted octanol–water partition coefficient (Wildman–Crippen LogP) is 6.44. The first kappa shape index (κ1) is 27.1. The second-order valence-corrected chi connectivity index (χ2v) is 12.3. The summed E-state index contributed by atoms with van der Waals surface area (Å²) in [5.41, 5.74) is -3.43. The first-order valence-electron chi connectivity index (χ1n) is 10.3. The average molecular weight is 600 g/mol. The number of aromatic nitrogens is 3. The lowest BCUT2D eigenvalue weighted by Gasteiger charge is -2.25. The molecule has 0 saturated heterocycles. The van der Waals surface area contributed by atoms with Crippen LogP contribution in [0.15, 0.2) is 66.9 Å². The van der Waals surface area contributed by atoms with Gasteiger partial charge in [-0.2, -0.15) is 23.0 Å². The van der Waals surface area contributed by atoms with Gasteiger partial charge in [0.1, 0.15) is 5.15 Å². The zero-order chi connectivity index (χ0) is 26.3. The maximum absolute atomic E-state index is 13.1. The molecule has 4 rings (SSSR count). The molecular formula is C22H17Cl4F3N4O2S. The Kier molecular flexibility index (Phi) is 7.58. The van der Waals surface area contributed by atoms with E-state index in [1.165, 1.54) is 10.9 Å². The molecule has 6 nitrogen and oxygen atoms in total. The molecule has 0 bridgehead atoms. The average Bonchev–Trinajstić information content (AvgIpc) is 3.31. The Hall–Kier alpha value is -1.95. The largest absolute Gasteiger partial charge is 0.511 e. The minimum atomic E-state index is -5.82. The smallest absolute Gasteiger partial charge is 0.341 e. The molecule has 2 aromatic heterocycles. The van der Waals surface area contributed by atoms with E-state index in [4.69, 9.17) is 46.4 Å². The van der Waals surface area contributed by atoms with Gasteiger partial charge in [-0.05, 0) is 17.2 Å². The van der Waals surface area contributed by atoms with Crippen molar-refractivity contribution in [2.45, 2.75) is 28.4 Å². The van der Waals surface area contributed by atoms with Crippen LogP contribution in [0.4, 0.5) is 13.2 Å². The quantitative estimate of drug-likeness (QED) is 0.249. The van der Waals surface area contributed by atoms with Gasteiger partial charge in [0.2, 0.25) is 3.79 Å². The molecule has 1 N–H and O–H groups in total. The van der Waals surface area contributed by atoms with E-state index in [1.54, 1.807) is 39.6 Å². The number of hydrogen-bond acceptors (Lipinski definition) is 3. The first-order chi connectivity index (χ1) is 16.8. The van der Waals surface area contributed by atoms with Crippen LogP contribution in [0.3, 0.4) is 0 Å². The van der Waals surface area contributed by atoms with Crippen molar-refractivity contribution < 1.29 is 21.6 Å². The van der Waals surface area contributed by atoms with E-state index in [1.807, 2.05) is 30.3 Å². The third-order valence-corrected chi connectivity index (χ3v) is 7.44. The highest BCUT2D eigenvalue weighted by molar-refractivity contribution is 7.90. The van der Waals surface area contributed by atoms with Gasteiger partial charge in [0.25, 0.3) is 0 Å². The van der Waals surface area contributed by atoms with Gasteiger partial charge in [0.05, 0.1) is 24.8 Å². The van der Waals surface area contributed by atoms with Crippen LogP contribution in [0.25, 0.3) is 10.9 Å². The van der Waals surface area contributed by atoms with E-state index < -0.39 is 25.4 Å². The number of halogens is 7. The van der Waals surface area contributed by atoms with E-state index in [9.17, 15) is 21.6 Å². The maximum Gasteiger partial charge on any atom is 0.511 e. The second-order valence-electron chi connectivity index (χ2n) is 7.87. The fourth-order valence-electron chi connectivity index (χ4n) is 3.73. The molecule has 14 heteroatoms. The van der Waals surface area contributed by atoms with Crippen LogP contribution in [0, 0.1) is 0 Å². The summed E-state index contributed by atoms with van der Waals surface area (Å²) in [5, 5.41) is 5.32. The minimum absolute atomic E-state index is 0.0493. The van der Waals surface area contributed by atoms with Crippen LogP contribution < -0.4 is 4.72 Å². The summed E-state index contributed by atoms with van der Waals surface area (Å²) in [6, 6.07) is 16.0. The highest BCUT2D eigenvalue weighted by Crippen LogP contribution is 2.44. The Bertz CT molecular complexity index is 1480. The van der Waals surface area contributed by atoms with Crippen LogP contribution in [0.2, 0.25) is 5.15 Å². The molecule has 0 amide bonds. The monoisotopic (exact) mass is 598 g/mol. The van der Waals surface area contributed by atoms with Gasteiger partial charge in [-0.25, -0.2) is 13.1 Å². The number of rotatable bonds is 7. The first-order valence-corrected chi connectivity index (χ1v) is 13.2. The van der Waals surface area contributed by atoms with Crippen molar-refractivity contribution in [1.29, 1.82) is 0 Å². The number of hydrogen-bond donors (Lipinski definition) is 1. The second kappa shape index (κ2) is 10.1. The molecule has 2 heterocycles. The summed E-state index contributed by atoms with van der Waals surface area (Å²) < 4.78 is 65.3.